The Morgan fingerprint density at radius 1 is 1.37 bits per heavy atom. The van der Waals surface area contributed by atoms with Crippen LogP contribution in [-0.2, 0) is 0 Å². The van der Waals surface area contributed by atoms with E-state index in [1.165, 1.54) is 25.7 Å². The lowest BCUT2D eigenvalue weighted by Gasteiger charge is -2.33. The summed E-state index contributed by atoms with van der Waals surface area (Å²) in [6.07, 6.45) is 7.26. The fourth-order valence-electron chi connectivity index (χ4n) is 2.96. The molecule has 1 atom stereocenters. The quantitative estimate of drug-likeness (QED) is 0.853. The predicted molar refractivity (Wildman–Crippen MR) is 79.2 cm³/mol. The molecule has 1 aliphatic rings. The molecule has 0 aromatic carbocycles. The topological polar surface area (TPSA) is 28.4 Å². The molecular formula is C16H28N2O. The van der Waals surface area contributed by atoms with E-state index in [2.05, 4.69) is 31.1 Å². The SMILES string of the molecule is CC1CCC(N(C)CCNC(C)c2ccco2)CC1. The Hall–Kier alpha value is -0.800. The molecule has 1 N–H and O–H groups in total. The van der Waals surface area contributed by atoms with Crippen LogP contribution in [0.2, 0.25) is 0 Å². The first-order valence-electron chi connectivity index (χ1n) is 7.64. The van der Waals surface area contributed by atoms with Crippen molar-refractivity contribution in [3.63, 3.8) is 0 Å². The Kier molecular flexibility index (Phi) is 5.46. The van der Waals surface area contributed by atoms with Gasteiger partial charge in [-0.3, -0.25) is 0 Å². The van der Waals surface area contributed by atoms with Crippen molar-refractivity contribution in [2.45, 2.75) is 51.6 Å². The second-order valence-electron chi connectivity index (χ2n) is 6.09. The van der Waals surface area contributed by atoms with Gasteiger partial charge in [0.1, 0.15) is 5.76 Å². The Bertz CT molecular complexity index is 342. The van der Waals surface area contributed by atoms with Crippen molar-refractivity contribution in [2.75, 3.05) is 20.1 Å². The molecule has 1 aromatic rings. The summed E-state index contributed by atoms with van der Waals surface area (Å²) in [6.45, 7) is 6.67. The van der Waals surface area contributed by atoms with Crippen LogP contribution in [0.1, 0.15) is 51.3 Å². The maximum Gasteiger partial charge on any atom is 0.120 e. The third kappa shape index (κ3) is 4.36. The molecule has 3 heteroatoms. The third-order valence-corrected chi connectivity index (χ3v) is 4.49. The monoisotopic (exact) mass is 264 g/mol. The molecule has 2 rings (SSSR count). The van der Waals surface area contributed by atoms with Crippen molar-refractivity contribution in [1.82, 2.24) is 10.2 Å². The third-order valence-electron chi connectivity index (χ3n) is 4.49. The van der Waals surface area contributed by atoms with Crippen molar-refractivity contribution in [1.29, 1.82) is 0 Å². The maximum atomic E-state index is 5.40. The molecule has 0 bridgehead atoms. The van der Waals surface area contributed by atoms with Gasteiger partial charge in [-0.2, -0.15) is 0 Å². The van der Waals surface area contributed by atoms with E-state index >= 15 is 0 Å². The summed E-state index contributed by atoms with van der Waals surface area (Å²) < 4.78 is 5.40. The molecule has 108 valence electrons. The summed E-state index contributed by atoms with van der Waals surface area (Å²) in [5.41, 5.74) is 0. The van der Waals surface area contributed by atoms with Gasteiger partial charge in [0.05, 0.1) is 12.3 Å². The molecule has 1 unspecified atom stereocenters. The number of nitrogens with zero attached hydrogens (tertiary/aromatic N) is 1. The summed E-state index contributed by atoms with van der Waals surface area (Å²) in [5, 5.41) is 3.53. The van der Waals surface area contributed by atoms with Crippen LogP contribution in [-0.4, -0.2) is 31.1 Å². The van der Waals surface area contributed by atoms with Gasteiger partial charge in [0.2, 0.25) is 0 Å². The van der Waals surface area contributed by atoms with Crippen LogP contribution in [0.15, 0.2) is 22.8 Å². The van der Waals surface area contributed by atoms with E-state index in [0.717, 1.165) is 30.8 Å². The molecular weight excluding hydrogens is 236 g/mol. The number of hydrogen-bond acceptors (Lipinski definition) is 3. The standard InChI is InChI=1S/C16H28N2O/c1-13-6-8-15(9-7-13)18(3)11-10-17-14(2)16-5-4-12-19-16/h4-5,12-15,17H,6-11H2,1-3H3. The molecule has 0 spiro atoms. The number of rotatable bonds is 6. The van der Waals surface area contributed by atoms with Crippen molar-refractivity contribution in [2.24, 2.45) is 5.92 Å². The van der Waals surface area contributed by atoms with E-state index in [1.807, 2.05) is 12.1 Å². The van der Waals surface area contributed by atoms with Crippen molar-refractivity contribution in [3.8, 4) is 0 Å². The minimum Gasteiger partial charge on any atom is -0.468 e. The highest BCUT2D eigenvalue weighted by Gasteiger charge is 2.21. The van der Waals surface area contributed by atoms with Gasteiger partial charge in [-0.25, -0.2) is 0 Å². The summed E-state index contributed by atoms with van der Waals surface area (Å²) >= 11 is 0. The Labute approximate surface area is 117 Å². The molecule has 0 amide bonds. The first-order valence-corrected chi connectivity index (χ1v) is 7.64. The second-order valence-corrected chi connectivity index (χ2v) is 6.09. The van der Waals surface area contributed by atoms with Crippen LogP contribution < -0.4 is 5.32 Å². The predicted octanol–water partition coefficient (Wildman–Crippen LogP) is 3.44. The molecule has 1 saturated carbocycles. The fourth-order valence-corrected chi connectivity index (χ4v) is 2.96. The highest BCUT2D eigenvalue weighted by atomic mass is 16.3. The summed E-state index contributed by atoms with van der Waals surface area (Å²) in [4.78, 5) is 2.52. The maximum absolute atomic E-state index is 5.40. The van der Waals surface area contributed by atoms with Crippen LogP contribution in [0.3, 0.4) is 0 Å². The summed E-state index contributed by atoms with van der Waals surface area (Å²) in [7, 11) is 2.26. The Morgan fingerprint density at radius 2 is 2.11 bits per heavy atom. The zero-order valence-electron chi connectivity index (χ0n) is 12.6. The fraction of sp³-hybridized carbons (Fsp3) is 0.750. The lowest BCUT2D eigenvalue weighted by atomic mass is 9.87. The molecule has 1 fully saturated rings. The first-order chi connectivity index (χ1) is 9.16. The van der Waals surface area contributed by atoms with E-state index in [4.69, 9.17) is 4.42 Å². The van der Waals surface area contributed by atoms with Crippen LogP contribution in [0.25, 0.3) is 0 Å². The Morgan fingerprint density at radius 3 is 2.74 bits per heavy atom. The van der Waals surface area contributed by atoms with Gasteiger partial charge < -0.3 is 14.6 Å². The second kappa shape index (κ2) is 7.11. The van der Waals surface area contributed by atoms with Gasteiger partial charge in [0.15, 0.2) is 0 Å². The van der Waals surface area contributed by atoms with Crippen molar-refractivity contribution >= 4 is 0 Å². The highest BCUT2D eigenvalue weighted by molar-refractivity contribution is 5.02. The van der Waals surface area contributed by atoms with Gasteiger partial charge in [0, 0.05) is 19.1 Å². The Balaban J connectivity index is 1.65. The highest BCUT2D eigenvalue weighted by Crippen LogP contribution is 2.26. The van der Waals surface area contributed by atoms with Crippen LogP contribution in [0.5, 0.6) is 0 Å². The van der Waals surface area contributed by atoms with Gasteiger partial charge >= 0.3 is 0 Å². The zero-order chi connectivity index (χ0) is 13.7. The number of likely N-dealkylation sites (N-methyl/N-ethyl adjacent to an activating group) is 1. The summed E-state index contributed by atoms with van der Waals surface area (Å²) in [6, 6.07) is 5.07. The summed E-state index contributed by atoms with van der Waals surface area (Å²) in [5.74, 6) is 1.95. The number of furan rings is 1. The van der Waals surface area contributed by atoms with Crippen molar-refractivity contribution < 1.29 is 4.42 Å². The number of hydrogen-bond donors (Lipinski definition) is 1. The van der Waals surface area contributed by atoms with E-state index in [9.17, 15) is 0 Å². The lowest BCUT2D eigenvalue weighted by molar-refractivity contribution is 0.169. The molecule has 1 aromatic heterocycles. The minimum atomic E-state index is 0.301. The minimum absolute atomic E-state index is 0.301. The average Bonchev–Trinajstić information content (AvgIpc) is 2.93. The first kappa shape index (κ1) is 14.6. The van der Waals surface area contributed by atoms with E-state index in [-0.39, 0.29) is 0 Å². The molecule has 0 aliphatic heterocycles. The molecule has 0 saturated heterocycles. The molecule has 1 heterocycles. The van der Waals surface area contributed by atoms with Gasteiger partial charge in [-0.05, 0) is 57.7 Å². The van der Waals surface area contributed by atoms with Crippen LogP contribution in [0, 0.1) is 5.92 Å². The molecule has 1 aliphatic carbocycles. The zero-order valence-corrected chi connectivity index (χ0v) is 12.6. The van der Waals surface area contributed by atoms with Gasteiger partial charge in [-0.15, -0.1) is 0 Å². The smallest absolute Gasteiger partial charge is 0.120 e. The largest absolute Gasteiger partial charge is 0.468 e. The normalized spacial score (nSPS) is 25.7. The van der Waals surface area contributed by atoms with Crippen molar-refractivity contribution in [3.05, 3.63) is 24.2 Å². The molecule has 19 heavy (non-hydrogen) atoms. The van der Waals surface area contributed by atoms with Crippen LogP contribution >= 0.6 is 0 Å². The van der Waals surface area contributed by atoms with Crippen LogP contribution in [0.4, 0.5) is 0 Å². The lowest BCUT2D eigenvalue weighted by Crippen LogP contribution is -2.39. The van der Waals surface area contributed by atoms with E-state index in [0.29, 0.717) is 6.04 Å². The average molecular weight is 264 g/mol. The van der Waals surface area contributed by atoms with Gasteiger partial charge in [-0.1, -0.05) is 6.92 Å². The molecule has 3 nitrogen and oxygen atoms in total. The van der Waals surface area contributed by atoms with Gasteiger partial charge in [0.25, 0.3) is 0 Å². The van der Waals surface area contributed by atoms with E-state index < -0.39 is 0 Å². The van der Waals surface area contributed by atoms with E-state index in [1.54, 1.807) is 6.26 Å². The number of nitrogens with one attached hydrogen (secondary N) is 1. The molecule has 0 radical (unpaired) electrons.